The van der Waals surface area contributed by atoms with Crippen LogP contribution in [0.2, 0.25) is 0 Å². The van der Waals surface area contributed by atoms with Gasteiger partial charge in [-0.2, -0.15) is 5.26 Å². The van der Waals surface area contributed by atoms with Crippen molar-refractivity contribution in [2.45, 2.75) is 11.8 Å². The maximum absolute atomic E-state index is 8.83. The van der Waals surface area contributed by atoms with Gasteiger partial charge in [-0.05, 0) is 18.2 Å². The van der Waals surface area contributed by atoms with E-state index in [4.69, 9.17) is 5.26 Å². The van der Waals surface area contributed by atoms with Crippen LogP contribution in [0.3, 0.4) is 0 Å². The molecule has 3 nitrogen and oxygen atoms in total. The number of nitriles is 1. The minimum absolute atomic E-state index is 0.465. The van der Waals surface area contributed by atoms with Gasteiger partial charge in [-0.25, -0.2) is 4.98 Å². The lowest BCUT2D eigenvalue weighted by Crippen LogP contribution is -2.20. The highest BCUT2D eigenvalue weighted by Gasteiger charge is 2.13. The first-order chi connectivity index (χ1) is 9.36. The van der Waals surface area contributed by atoms with Gasteiger partial charge >= 0.3 is 0 Å². The third-order valence-electron chi connectivity index (χ3n) is 2.78. The second-order valence-electron chi connectivity index (χ2n) is 4.02. The molecular weight excluding hydrogens is 302 g/mol. The fourth-order valence-electron chi connectivity index (χ4n) is 1.90. The molecule has 1 heterocycles. The number of hydrogen-bond donors (Lipinski definition) is 0. The van der Waals surface area contributed by atoms with Crippen molar-refractivity contribution in [1.29, 1.82) is 5.26 Å². The Kier molecular flexibility index (Phi) is 4.93. The van der Waals surface area contributed by atoms with Gasteiger partial charge in [0.25, 0.3) is 0 Å². The van der Waals surface area contributed by atoms with Crippen LogP contribution in [0.4, 0.5) is 11.5 Å². The molecule has 4 heteroatoms. The van der Waals surface area contributed by atoms with E-state index in [-0.39, 0.29) is 0 Å². The number of hydrogen-bond acceptors (Lipinski definition) is 3. The first kappa shape index (κ1) is 13.6. The van der Waals surface area contributed by atoms with Crippen molar-refractivity contribution in [2.24, 2.45) is 0 Å². The molecule has 0 atom stereocenters. The topological polar surface area (TPSA) is 39.9 Å². The van der Waals surface area contributed by atoms with E-state index in [0.29, 0.717) is 13.0 Å². The number of anilines is 2. The Bertz CT molecular complexity index is 563. The average Bonchev–Trinajstić information content (AvgIpc) is 2.49. The van der Waals surface area contributed by atoms with Gasteiger partial charge in [0.05, 0.1) is 12.5 Å². The Morgan fingerprint density at radius 2 is 1.95 bits per heavy atom. The van der Waals surface area contributed by atoms with E-state index in [1.165, 1.54) is 0 Å². The van der Waals surface area contributed by atoms with Crippen LogP contribution in [-0.2, 0) is 5.33 Å². The fraction of sp³-hybridized carbons (Fsp3) is 0.200. The van der Waals surface area contributed by atoms with Gasteiger partial charge in [0.2, 0.25) is 0 Å². The first-order valence-corrected chi connectivity index (χ1v) is 7.18. The van der Waals surface area contributed by atoms with Crippen LogP contribution in [0.1, 0.15) is 12.0 Å². The van der Waals surface area contributed by atoms with Crippen molar-refractivity contribution < 1.29 is 0 Å². The Balaban J connectivity index is 2.40. The number of halogens is 1. The molecule has 0 amide bonds. The van der Waals surface area contributed by atoms with Crippen molar-refractivity contribution in [1.82, 2.24) is 4.98 Å². The van der Waals surface area contributed by atoms with Crippen molar-refractivity contribution in [3.63, 3.8) is 0 Å². The summed E-state index contributed by atoms with van der Waals surface area (Å²) in [7, 11) is 0. The molecule has 0 spiro atoms. The van der Waals surface area contributed by atoms with Gasteiger partial charge in [0.15, 0.2) is 0 Å². The summed E-state index contributed by atoms with van der Waals surface area (Å²) in [5.74, 6) is 0.904. The summed E-state index contributed by atoms with van der Waals surface area (Å²) in [6.45, 7) is 0.636. The van der Waals surface area contributed by atoms with Crippen LogP contribution < -0.4 is 4.90 Å². The summed E-state index contributed by atoms with van der Waals surface area (Å²) in [6, 6.07) is 16.2. The van der Waals surface area contributed by atoms with E-state index in [1.54, 1.807) is 6.20 Å². The zero-order valence-electron chi connectivity index (χ0n) is 10.5. The number of pyridine rings is 1. The molecule has 0 saturated heterocycles. The van der Waals surface area contributed by atoms with E-state index >= 15 is 0 Å². The van der Waals surface area contributed by atoms with Crippen LogP contribution in [0.15, 0.2) is 48.7 Å². The number of benzene rings is 1. The maximum Gasteiger partial charge on any atom is 0.137 e. The monoisotopic (exact) mass is 315 g/mol. The first-order valence-electron chi connectivity index (χ1n) is 6.06. The van der Waals surface area contributed by atoms with Gasteiger partial charge in [0, 0.05) is 29.3 Å². The van der Waals surface area contributed by atoms with Crippen molar-refractivity contribution in [3.05, 3.63) is 54.2 Å². The highest BCUT2D eigenvalue weighted by molar-refractivity contribution is 9.08. The van der Waals surface area contributed by atoms with Crippen LogP contribution >= 0.6 is 15.9 Å². The van der Waals surface area contributed by atoms with Gasteiger partial charge < -0.3 is 4.90 Å². The van der Waals surface area contributed by atoms with Crippen LogP contribution in [-0.4, -0.2) is 11.5 Å². The summed E-state index contributed by atoms with van der Waals surface area (Å²) < 4.78 is 0. The van der Waals surface area contributed by atoms with E-state index in [9.17, 15) is 0 Å². The molecule has 19 heavy (non-hydrogen) atoms. The van der Waals surface area contributed by atoms with Gasteiger partial charge in [-0.15, -0.1) is 0 Å². The lowest BCUT2D eigenvalue weighted by Gasteiger charge is -2.24. The average molecular weight is 316 g/mol. The molecule has 0 radical (unpaired) electrons. The smallest absolute Gasteiger partial charge is 0.137 e. The molecule has 0 unspecified atom stereocenters. The molecule has 0 aliphatic rings. The summed E-state index contributed by atoms with van der Waals surface area (Å²) in [4.78, 5) is 6.55. The number of nitrogens with zero attached hydrogens (tertiary/aromatic N) is 3. The molecule has 96 valence electrons. The number of rotatable bonds is 5. The Hall–Kier alpha value is -1.86. The van der Waals surface area contributed by atoms with Crippen molar-refractivity contribution in [3.8, 4) is 6.07 Å². The van der Waals surface area contributed by atoms with Crippen molar-refractivity contribution in [2.75, 3.05) is 11.4 Å². The molecule has 0 N–H and O–H groups in total. The quantitative estimate of drug-likeness (QED) is 0.782. The Labute approximate surface area is 121 Å². The molecule has 0 bridgehead atoms. The largest absolute Gasteiger partial charge is 0.325 e. The SMILES string of the molecule is N#CCCN(c1ccccc1)c1ncccc1CBr. The van der Waals surface area contributed by atoms with Gasteiger partial charge in [0.1, 0.15) is 5.82 Å². The summed E-state index contributed by atoms with van der Waals surface area (Å²) in [5, 5.41) is 9.57. The third-order valence-corrected chi connectivity index (χ3v) is 3.39. The normalized spacial score (nSPS) is 9.89. The Morgan fingerprint density at radius 1 is 1.16 bits per heavy atom. The Morgan fingerprint density at radius 3 is 2.63 bits per heavy atom. The predicted molar refractivity (Wildman–Crippen MR) is 80.5 cm³/mol. The molecule has 0 aliphatic carbocycles. The van der Waals surface area contributed by atoms with E-state index < -0.39 is 0 Å². The number of aromatic nitrogens is 1. The van der Waals surface area contributed by atoms with Gasteiger partial charge in [-0.1, -0.05) is 40.2 Å². The summed E-state index contributed by atoms with van der Waals surface area (Å²) in [5.41, 5.74) is 2.17. The fourth-order valence-corrected chi connectivity index (χ4v) is 2.34. The van der Waals surface area contributed by atoms with Crippen LogP contribution in [0.25, 0.3) is 0 Å². The van der Waals surface area contributed by atoms with E-state index in [0.717, 1.165) is 22.4 Å². The highest BCUT2D eigenvalue weighted by Crippen LogP contribution is 2.27. The zero-order chi connectivity index (χ0) is 13.5. The zero-order valence-corrected chi connectivity index (χ0v) is 12.0. The lowest BCUT2D eigenvalue weighted by atomic mass is 10.2. The minimum Gasteiger partial charge on any atom is -0.325 e. The second-order valence-corrected chi connectivity index (χ2v) is 4.58. The molecule has 2 aromatic rings. The van der Waals surface area contributed by atoms with Gasteiger partial charge in [-0.3, -0.25) is 0 Å². The number of alkyl halides is 1. The highest BCUT2D eigenvalue weighted by atomic mass is 79.9. The molecule has 1 aromatic heterocycles. The molecular formula is C15H14BrN3. The molecule has 0 aliphatic heterocycles. The van der Waals surface area contributed by atoms with E-state index in [1.807, 2.05) is 42.5 Å². The molecule has 2 rings (SSSR count). The molecule has 0 fully saturated rings. The summed E-state index contributed by atoms with van der Waals surface area (Å²) in [6.07, 6.45) is 2.25. The standard InChI is InChI=1S/C15H14BrN3/c16-12-13-6-4-10-18-15(13)19(11-5-9-17)14-7-2-1-3-8-14/h1-4,6-8,10H,5,11-12H2. The summed E-state index contributed by atoms with van der Waals surface area (Å²) >= 11 is 3.49. The number of para-hydroxylation sites is 1. The maximum atomic E-state index is 8.83. The lowest BCUT2D eigenvalue weighted by molar-refractivity contribution is 0.919. The predicted octanol–water partition coefficient (Wildman–Crippen LogP) is 4.03. The molecule has 1 aromatic carbocycles. The van der Waals surface area contributed by atoms with E-state index in [2.05, 4.69) is 31.9 Å². The second kappa shape index (κ2) is 6.91. The molecule has 0 saturated carbocycles. The third kappa shape index (κ3) is 3.33. The van der Waals surface area contributed by atoms with Crippen LogP contribution in [0, 0.1) is 11.3 Å². The minimum atomic E-state index is 0.465. The van der Waals surface area contributed by atoms with Crippen LogP contribution in [0.5, 0.6) is 0 Å². The van der Waals surface area contributed by atoms with Crippen molar-refractivity contribution >= 4 is 27.4 Å².